The minimum Gasteiger partial charge on any atom is -0.452 e. The lowest BCUT2D eigenvalue weighted by Crippen LogP contribution is -2.37. The van der Waals surface area contributed by atoms with Crippen molar-refractivity contribution in [2.75, 3.05) is 25.5 Å². The van der Waals surface area contributed by atoms with E-state index in [-0.39, 0.29) is 12.1 Å². The third-order valence-corrected chi connectivity index (χ3v) is 3.90. The topological polar surface area (TPSA) is 75.7 Å². The Kier molecular flexibility index (Phi) is 7.20. The number of esters is 1. The van der Waals surface area contributed by atoms with Gasteiger partial charge in [0.2, 0.25) is 5.91 Å². The van der Waals surface area contributed by atoms with Crippen LogP contribution in [0.5, 0.6) is 0 Å². The molecular formula is C20H20F2N2O4. The normalized spacial score (nSPS) is 10.3. The fourth-order valence-electron chi connectivity index (χ4n) is 2.44. The number of likely N-dealkylation sites (N-methyl/N-ethyl adjacent to an activating group) is 1. The van der Waals surface area contributed by atoms with E-state index in [0.717, 1.165) is 29.0 Å². The molecule has 0 heterocycles. The molecule has 0 fully saturated rings. The molecule has 0 aliphatic rings. The zero-order chi connectivity index (χ0) is 20.7. The van der Waals surface area contributed by atoms with Gasteiger partial charge in [-0.05, 0) is 30.2 Å². The molecule has 2 aromatic rings. The maximum absolute atomic E-state index is 13.1. The monoisotopic (exact) mass is 390 g/mol. The molecule has 2 amide bonds. The number of benzene rings is 2. The SMILES string of the molecule is CCc1ccccc1NC(=O)CN(C)C(=O)COC(=O)c1cc(F)cc(F)c1. The molecule has 28 heavy (non-hydrogen) atoms. The first-order valence-electron chi connectivity index (χ1n) is 8.55. The summed E-state index contributed by atoms with van der Waals surface area (Å²) in [6.45, 7) is 1.05. The summed E-state index contributed by atoms with van der Waals surface area (Å²) in [7, 11) is 1.38. The molecular weight excluding hydrogens is 370 g/mol. The van der Waals surface area contributed by atoms with Crippen molar-refractivity contribution in [2.24, 2.45) is 0 Å². The van der Waals surface area contributed by atoms with E-state index in [1.165, 1.54) is 7.05 Å². The molecule has 0 radical (unpaired) electrons. The van der Waals surface area contributed by atoms with Crippen molar-refractivity contribution in [3.63, 3.8) is 0 Å². The molecule has 0 aromatic heterocycles. The summed E-state index contributed by atoms with van der Waals surface area (Å²) < 4.78 is 31.0. The Morgan fingerprint density at radius 1 is 1.07 bits per heavy atom. The van der Waals surface area contributed by atoms with Crippen LogP contribution in [0, 0.1) is 11.6 Å². The van der Waals surface area contributed by atoms with Gasteiger partial charge >= 0.3 is 5.97 Å². The number of aryl methyl sites for hydroxylation is 1. The maximum atomic E-state index is 13.1. The lowest BCUT2D eigenvalue weighted by molar-refractivity contribution is -0.136. The molecule has 0 saturated heterocycles. The van der Waals surface area contributed by atoms with Crippen LogP contribution in [0.2, 0.25) is 0 Å². The molecule has 0 unspecified atom stereocenters. The summed E-state index contributed by atoms with van der Waals surface area (Å²) in [5.41, 5.74) is 1.28. The Morgan fingerprint density at radius 3 is 2.36 bits per heavy atom. The zero-order valence-corrected chi connectivity index (χ0v) is 15.5. The highest BCUT2D eigenvalue weighted by Crippen LogP contribution is 2.15. The highest BCUT2D eigenvalue weighted by molar-refractivity contribution is 5.96. The second kappa shape index (κ2) is 9.59. The third-order valence-electron chi connectivity index (χ3n) is 3.90. The van der Waals surface area contributed by atoms with E-state index in [1.54, 1.807) is 12.1 Å². The highest BCUT2D eigenvalue weighted by Gasteiger charge is 2.17. The molecule has 1 N–H and O–H groups in total. The quantitative estimate of drug-likeness (QED) is 0.738. The van der Waals surface area contributed by atoms with Crippen LogP contribution in [0.4, 0.5) is 14.5 Å². The number of rotatable bonds is 7. The van der Waals surface area contributed by atoms with Gasteiger partial charge in [-0.2, -0.15) is 0 Å². The number of amides is 2. The van der Waals surface area contributed by atoms with E-state index >= 15 is 0 Å². The number of para-hydroxylation sites is 1. The van der Waals surface area contributed by atoms with Crippen LogP contribution in [-0.2, 0) is 20.7 Å². The van der Waals surface area contributed by atoms with Crippen molar-refractivity contribution in [3.8, 4) is 0 Å². The summed E-state index contributed by atoms with van der Waals surface area (Å²) in [6, 6.07) is 9.53. The number of ether oxygens (including phenoxy) is 1. The Bertz CT molecular complexity index is 866. The predicted octanol–water partition coefficient (Wildman–Crippen LogP) is 2.78. The summed E-state index contributed by atoms with van der Waals surface area (Å²) in [5, 5.41) is 2.73. The first kappa shape index (κ1) is 21.0. The second-order valence-electron chi connectivity index (χ2n) is 6.04. The van der Waals surface area contributed by atoms with Crippen LogP contribution in [-0.4, -0.2) is 42.9 Å². The van der Waals surface area contributed by atoms with Crippen LogP contribution in [0.25, 0.3) is 0 Å². The minimum absolute atomic E-state index is 0.247. The highest BCUT2D eigenvalue weighted by atomic mass is 19.1. The van der Waals surface area contributed by atoms with Crippen molar-refractivity contribution >= 4 is 23.5 Å². The summed E-state index contributed by atoms with van der Waals surface area (Å²) in [6.07, 6.45) is 0.738. The zero-order valence-electron chi connectivity index (χ0n) is 15.5. The van der Waals surface area contributed by atoms with Gasteiger partial charge in [0, 0.05) is 18.8 Å². The van der Waals surface area contributed by atoms with Gasteiger partial charge in [-0.25, -0.2) is 13.6 Å². The lowest BCUT2D eigenvalue weighted by Gasteiger charge is -2.17. The average molecular weight is 390 g/mol. The Balaban J connectivity index is 1.86. The van der Waals surface area contributed by atoms with Gasteiger partial charge in [-0.3, -0.25) is 9.59 Å². The Morgan fingerprint density at radius 2 is 1.71 bits per heavy atom. The van der Waals surface area contributed by atoms with Crippen LogP contribution in [0.1, 0.15) is 22.8 Å². The average Bonchev–Trinajstić information content (AvgIpc) is 2.65. The van der Waals surface area contributed by atoms with Crippen LogP contribution >= 0.6 is 0 Å². The van der Waals surface area contributed by atoms with Crippen LogP contribution in [0.3, 0.4) is 0 Å². The first-order chi connectivity index (χ1) is 13.3. The van der Waals surface area contributed by atoms with E-state index in [2.05, 4.69) is 5.32 Å². The van der Waals surface area contributed by atoms with E-state index in [4.69, 9.17) is 4.74 Å². The number of anilines is 1. The van der Waals surface area contributed by atoms with E-state index in [1.807, 2.05) is 19.1 Å². The van der Waals surface area contributed by atoms with Gasteiger partial charge in [0.15, 0.2) is 6.61 Å². The molecule has 2 aromatic carbocycles. The van der Waals surface area contributed by atoms with Gasteiger partial charge in [0.25, 0.3) is 5.91 Å². The van der Waals surface area contributed by atoms with Crippen molar-refractivity contribution in [1.82, 2.24) is 4.90 Å². The number of hydrogen-bond acceptors (Lipinski definition) is 4. The Hall–Kier alpha value is -3.29. The molecule has 0 aliphatic heterocycles. The number of nitrogens with zero attached hydrogens (tertiary/aromatic N) is 1. The number of hydrogen-bond donors (Lipinski definition) is 1. The van der Waals surface area contributed by atoms with Gasteiger partial charge in [0.05, 0.1) is 12.1 Å². The lowest BCUT2D eigenvalue weighted by atomic mass is 10.1. The molecule has 0 aliphatic carbocycles. The van der Waals surface area contributed by atoms with Crippen molar-refractivity contribution in [2.45, 2.75) is 13.3 Å². The largest absolute Gasteiger partial charge is 0.452 e. The van der Waals surface area contributed by atoms with Crippen LogP contribution < -0.4 is 5.32 Å². The smallest absolute Gasteiger partial charge is 0.338 e. The summed E-state index contributed by atoms with van der Waals surface area (Å²) in [4.78, 5) is 37.1. The fraction of sp³-hybridized carbons (Fsp3) is 0.250. The number of carbonyl (C=O) groups is 3. The number of carbonyl (C=O) groups excluding carboxylic acids is 3. The molecule has 148 valence electrons. The van der Waals surface area contributed by atoms with Gasteiger partial charge in [0.1, 0.15) is 11.6 Å². The summed E-state index contributed by atoms with van der Waals surface area (Å²) in [5.74, 6) is -3.94. The molecule has 2 rings (SSSR count). The standard InChI is InChI=1S/C20H20F2N2O4/c1-3-13-6-4-5-7-17(13)23-18(25)11-24(2)19(26)12-28-20(27)14-8-15(21)10-16(22)9-14/h4-10H,3,11-12H2,1-2H3,(H,23,25). The maximum Gasteiger partial charge on any atom is 0.338 e. The second-order valence-corrected chi connectivity index (χ2v) is 6.04. The van der Waals surface area contributed by atoms with Crippen molar-refractivity contribution < 1.29 is 27.9 Å². The predicted molar refractivity (Wildman–Crippen MR) is 98.7 cm³/mol. The van der Waals surface area contributed by atoms with Crippen LogP contribution in [0.15, 0.2) is 42.5 Å². The fourth-order valence-corrected chi connectivity index (χ4v) is 2.44. The van der Waals surface area contributed by atoms with Gasteiger partial charge in [-0.15, -0.1) is 0 Å². The van der Waals surface area contributed by atoms with Gasteiger partial charge < -0.3 is 15.0 Å². The minimum atomic E-state index is -1.04. The molecule has 8 heteroatoms. The molecule has 0 spiro atoms. The van der Waals surface area contributed by atoms with E-state index in [0.29, 0.717) is 11.8 Å². The number of halogens is 2. The molecule has 0 saturated carbocycles. The Labute approximate surface area is 161 Å². The van der Waals surface area contributed by atoms with E-state index in [9.17, 15) is 23.2 Å². The third kappa shape index (κ3) is 5.87. The first-order valence-corrected chi connectivity index (χ1v) is 8.55. The van der Waals surface area contributed by atoms with E-state index < -0.39 is 36.0 Å². The van der Waals surface area contributed by atoms with Crippen molar-refractivity contribution in [1.29, 1.82) is 0 Å². The van der Waals surface area contributed by atoms with Gasteiger partial charge in [-0.1, -0.05) is 25.1 Å². The number of nitrogens with one attached hydrogen (secondary N) is 1. The molecule has 0 bridgehead atoms. The molecule has 0 atom stereocenters. The molecule has 6 nitrogen and oxygen atoms in total. The summed E-state index contributed by atoms with van der Waals surface area (Å²) >= 11 is 0. The van der Waals surface area contributed by atoms with Crippen molar-refractivity contribution in [3.05, 3.63) is 65.2 Å².